The number of benzene rings is 1. The smallest absolute Gasteiger partial charge is 0.396 e. The quantitative estimate of drug-likeness (QED) is 0.585. The number of quaternary nitrogens is 1. The molecule has 2 rings (SSSR count). The van der Waals surface area contributed by atoms with E-state index in [-0.39, 0.29) is 17.7 Å². The molecule has 0 aliphatic carbocycles. The average molecular weight is 359 g/mol. The molecule has 0 aliphatic heterocycles. The Labute approximate surface area is 139 Å². The van der Waals surface area contributed by atoms with Crippen LogP contribution in [0.3, 0.4) is 0 Å². The Bertz CT molecular complexity index is 761. The first-order chi connectivity index (χ1) is 11.8. The number of anilines is 1. The summed E-state index contributed by atoms with van der Waals surface area (Å²) in [7, 11) is 0. The minimum atomic E-state index is -4.50. The van der Waals surface area contributed by atoms with Crippen molar-refractivity contribution in [1.29, 1.82) is 0 Å². The van der Waals surface area contributed by atoms with E-state index in [1.807, 2.05) is 0 Å². The van der Waals surface area contributed by atoms with Crippen molar-refractivity contribution in [3.8, 4) is 5.75 Å². The number of hydrogen-bond acceptors (Lipinski definition) is 6. The number of para-hydroxylation sites is 1. The summed E-state index contributed by atoms with van der Waals surface area (Å²) in [6.45, 7) is 0.331. The average Bonchev–Trinajstić information content (AvgIpc) is 2.92. The van der Waals surface area contributed by atoms with Crippen LogP contribution in [0.1, 0.15) is 22.6 Å². The number of carbonyl (C=O) groups is 2. The molecule has 4 N–H and O–H groups in total. The number of halogens is 3. The van der Waals surface area contributed by atoms with Crippen molar-refractivity contribution in [2.45, 2.75) is 19.0 Å². The third-order valence-electron chi connectivity index (χ3n) is 2.78. The maximum atomic E-state index is 12.3. The number of aromatic nitrogens is 2. The molecule has 1 amide bonds. The van der Waals surface area contributed by atoms with Crippen molar-refractivity contribution in [3.63, 3.8) is 0 Å². The van der Waals surface area contributed by atoms with Gasteiger partial charge in [-0.3, -0.25) is 14.9 Å². The van der Waals surface area contributed by atoms with Gasteiger partial charge in [0, 0.05) is 0 Å². The third-order valence-corrected chi connectivity index (χ3v) is 2.78. The summed E-state index contributed by atoms with van der Waals surface area (Å²) < 4.78 is 46.4. The minimum absolute atomic E-state index is 0.00604. The fourth-order valence-electron chi connectivity index (χ4n) is 1.78. The molecule has 0 aliphatic rings. The van der Waals surface area contributed by atoms with Crippen LogP contribution in [-0.4, -0.2) is 34.7 Å². The topological polar surface area (TPSA) is 122 Å². The molecule has 0 unspecified atom stereocenters. The zero-order chi connectivity index (χ0) is 18.4. The van der Waals surface area contributed by atoms with Gasteiger partial charge in [-0.05, 0) is 12.1 Å². The highest BCUT2D eigenvalue weighted by molar-refractivity contribution is 6.05. The molecule has 8 nitrogen and oxygen atoms in total. The Morgan fingerprint density at radius 1 is 1.28 bits per heavy atom. The van der Waals surface area contributed by atoms with E-state index in [2.05, 4.69) is 25.7 Å². The lowest BCUT2D eigenvalue weighted by molar-refractivity contribution is -0.366. The van der Waals surface area contributed by atoms with Gasteiger partial charge in [0.25, 0.3) is 5.91 Å². The highest BCUT2D eigenvalue weighted by Gasteiger charge is 2.31. The van der Waals surface area contributed by atoms with Gasteiger partial charge in [-0.25, -0.2) is 0 Å². The van der Waals surface area contributed by atoms with Crippen molar-refractivity contribution < 1.29 is 37.8 Å². The Hall–Kier alpha value is -2.95. The molecule has 0 saturated heterocycles. The van der Waals surface area contributed by atoms with Gasteiger partial charge in [0.05, 0.1) is 18.5 Å². The summed E-state index contributed by atoms with van der Waals surface area (Å²) in [5, 5.41) is 5.29. The van der Waals surface area contributed by atoms with Crippen LogP contribution in [0.5, 0.6) is 5.75 Å². The molecule has 25 heavy (non-hydrogen) atoms. The van der Waals surface area contributed by atoms with Gasteiger partial charge in [0.15, 0.2) is 5.82 Å². The van der Waals surface area contributed by atoms with Crippen LogP contribution in [0, 0.1) is 0 Å². The fourth-order valence-corrected chi connectivity index (χ4v) is 1.78. The first-order valence-corrected chi connectivity index (χ1v) is 7.08. The fraction of sp³-hybridized carbons (Fsp3) is 0.286. The minimum Gasteiger partial charge on any atom is -0.426 e. The maximum Gasteiger partial charge on any atom is 0.396 e. The molecule has 0 radical (unpaired) electrons. The van der Waals surface area contributed by atoms with Crippen LogP contribution in [0.25, 0.3) is 0 Å². The first kappa shape index (κ1) is 18.4. The number of esters is 1. The van der Waals surface area contributed by atoms with Crippen LogP contribution < -0.4 is 15.8 Å². The lowest BCUT2D eigenvalue weighted by atomic mass is 10.2. The van der Waals surface area contributed by atoms with E-state index in [0.717, 1.165) is 0 Å². The molecule has 0 fully saturated rings. The summed E-state index contributed by atoms with van der Waals surface area (Å²) in [6.07, 6.45) is -5.81. The lowest BCUT2D eigenvalue weighted by Crippen LogP contribution is -2.51. The molecule has 1 heterocycles. The molecule has 0 saturated carbocycles. The van der Waals surface area contributed by atoms with E-state index in [0.29, 0.717) is 6.54 Å². The van der Waals surface area contributed by atoms with Gasteiger partial charge in [0.1, 0.15) is 12.2 Å². The maximum absolute atomic E-state index is 12.3. The lowest BCUT2D eigenvalue weighted by Gasteiger charge is -2.08. The summed E-state index contributed by atoms with van der Waals surface area (Å²) in [5.41, 5.74) is 3.50. The number of amides is 1. The first-order valence-electron chi connectivity index (χ1n) is 7.08. The number of rotatable bonds is 6. The van der Waals surface area contributed by atoms with E-state index in [9.17, 15) is 22.8 Å². The molecular weight excluding hydrogens is 345 g/mol. The van der Waals surface area contributed by atoms with E-state index in [1.165, 1.54) is 18.2 Å². The molecular formula is C14H14F3N4O4+. The third kappa shape index (κ3) is 5.57. The summed E-state index contributed by atoms with van der Waals surface area (Å²) in [4.78, 5) is 27.2. The number of nitrogens with one attached hydrogen (secondary N) is 1. The highest BCUT2D eigenvalue weighted by Crippen LogP contribution is 2.22. The molecule has 1 aromatic heterocycles. The van der Waals surface area contributed by atoms with Gasteiger partial charge >= 0.3 is 18.2 Å². The van der Waals surface area contributed by atoms with Crippen LogP contribution in [0.4, 0.5) is 19.2 Å². The van der Waals surface area contributed by atoms with Crippen molar-refractivity contribution in [2.24, 2.45) is 0 Å². The zero-order valence-electron chi connectivity index (χ0n) is 12.8. The van der Waals surface area contributed by atoms with Crippen molar-refractivity contribution in [1.82, 2.24) is 10.1 Å². The van der Waals surface area contributed by atoms with Crippen molar-refractivity contribution >= 4 is 17.9 Å². The number of hydrogen-bond donors (Lipinski definition) is 2. The Morgan fingerprint density at radius 3 is 2.68 bits per heavy atom. The second-order valence-corrected chi connectivity index (χ2v) is 4.84. The van der Waals surface area contributed by atoms with Gasteiger partial charge in [-0.2, -0.15) is 18.2 Å². The predicted octanol–water partition coefficient (Wildman–Crippen LogP) is 0.964. The summed E-state index contributed by atoms with van der Waals surface area (Å²) in [6, 6.07) is 5.35. The number of alkyl halides is 3. The van der Waals surface area contributed by atoms with E-state index < -0.39 is 36.3 Å². The Balaban J connectivity index is 2.10. The molecule has 1 aromatic carbocycles. The molecule has 11 heteroatoms. The molecule has 0 bridgehead atoms. The number of nitrogens with zero attached hydrogens (tertiary/aromatic N) is 2. The van der Waals surface area contributed by atoms with Gasteiger partial charge in [0.2, 0.25) is 0 Å². The van der Waals surface area contributed by atoms with Gasteiger partial charge in [-0.15, -0.1) is 0 Å². The zero-order valence-corrected chi connectivity index (χ0v) is 12.8. The number of carbonyl (C=O) groups excluding carboxylic acids is 2. The monoisotopic (exact) mass is 359 g/mol. The second-order valence-electron chi connectivity index (χ2n) is 4.84. The van der Waals surface area contributed by atoms with Crippen molar-refractivity contribution in [3.05, 3.63) is 35.7 Å². The normalized spacial score (nSPS) is 11.2. The van der Waals surface area contributed by atoms with E-state index in [1.54, 1.807) is 6.07 Å². The largest absolute Gasteiger partial charge is 0.426 e. The summed E-state index contributed by atoms with van der Waals surface area (Å²) in [5.74, 6) is -1.97. The van der Waals surface area contributed by atoms with Crippen LogP contribution >= 0.6 is 0 Å². The predicted molar refractivity (Wildman–Crippen MR) is 76.5 cm³/mol. The molecule has 134 valence electrons. The van der Waals surface area contributed by atoms with Crippen LogP contribution in [0.15, 0.2) is 28.8 Å². The molecule has 0 atom stereocenters. The van der Waals surface area contributed by atoms with E-state index >= 15 is 0 Å². The SMILES string of the molecule is [NH3+]CCC(=O)Oc1ccccc1C(=O)Nc1nc(CC(F)(F)F)no1. The van der Waals surface area contributed by atoms with Crippen LogP contribution in [-0.2, 0) is 11.2 Å². The molecule has 2 aromatic rings. The Kier molecular flexibility index (Phi) is 5.70. The highest BCUT2D eigenvalue weighted by atomic mass is 19.4. The van der Waals surface area contributed by atoms with Crippen molar-refractivity contribution in [2.75, 3.05) is 11.9 Å². The van der Waals surface area contributed by atoms with Gasteiger partial charge in [-0.1, -0.05) is 17.3 Å². The summed E-state index contributed by atoms with van der Waals surface area (Å²) >= 11 is 0. The standard InChI is InChI=1S/C14H13F3N4O4/c15-14(16,17)7-10-19-13(25-21-10)20-12(23)8-3-1-2-4-9(8)24-11(22)5-6-18/h1-4H,5-7,18H2,(H,19,20,21,23)/p+1. The van der Waals surface area contributed by atoms with Gasteiger partial charge < -0.3 is 15.0 Å². The second kappa shape index (κ2) is 7.75. The number of ether oxygens (including phenoxy) is 1. The Morgan fingerprint density at radius 2 is 2.00 bits per heavy atom. The van der Waals surface area contributed by atoms with Crippen LogP contribution in [0.2, 0.25) is 0 Å². The van der Waals surface area contributed by atoms with E-state index in [4.69, 9.17) is 4.74 Å². The molecule has 0 spiro atoms.